The number of ether oxygens (including phenoxy) is 1. The first kappa shape index (κ1) is 17.6. The Morgan fingerprint density at radius 3 is 2.42 bits per heavy atom. The fourth-order valence-corrected chi connectivity index (χ4v) is 1.64. The number of hydrogen-bond donors (Lipinski definition) is 1. The third kappa shape index (κ3) is 9.17. The van der Waals surface area contributed by atoms with Crippen LogP contribution in [0.5, 0.6) is 0 Å². The van der Waals surface area contributed by atoms with E-state index in [0.717, 1.165) is 25.7 Å². The Kier molecular flexibility index (Phi) is 9.67. The molecular weight excluding hydrogens is 240 g/mol. The van der Waals surface area contributed by atoms with E-state index in [1.165, 1.54) is 0 Å². The van der Waals surface area contributed by atoms with Gasteiger partial charge in [0.05, 0.1) is 13.2 Å². The molecule has 0 bridgehead atoms. The maximum atomic E-state index is 11.5. The van der Waals surface area contributed by atoms with Crippen LogP contribution in [-0.2, 0) is 9.53 Å². The molecule has 0 aromatic carbocycles. The summed E-state index contributed by atoms with van der Waals surface area (Å²) >= 11 is 0. The maximum absolute atomic E-state index is 11.5. The van der Waals surface area contributed by atoms with Crippen LogP contribution < -0.4 is 0 Å². The van der Waals surface area contributed by atoms with Crippen LogP contribution in [0, 0.1) is 30.1 Å². The van der Waals surface area contributed by atoms with Gasteiger partial charge in [-0.1, -0.05) is 13.3 Å². The van der Waals surface area contributed by atoms with Gasteiger partial charge in [0.1, 0.15) is 0 Å². The molecule has 3 heteroatoms. The molecule has 19 heavy (non-hydrogen) atoms. The first-order valence-corrected chi connectivity index (χ1v) is 6.71. The lowest BCUT2D eigenvalue weighted by Gasteiger charge is -2.26. The number of carbonyl (C=O) groups excluding carboxylic acids is 1. The Bertz CT molecular complexity index is 335. The number of hydrogen-bond acceptors (Lipinski definition) is 3. The first-order valence-electron chi connectivity index (χ1n) is 6.71. The van der Waals surface area contributed by atoms with Crippen LogP contribution in [-0.4, -0.2) is 24.3 Å². The highest BCUT2D eigenvalue weighted by Crippen LogP contribution is 2.24. The van der Waals surface area contributed by atoms with Crippen molar-refractivity contribution in [2.24, 2.45) is 5.41 Å². The number of unbranched alkanes of at least 4 members (excludes halogenated alkanes) is 3. The first-order chi connectivity index (χ1) is 9.08. The summed E-state index contributed by atoms with van der Waals surface area (Å²) in [6.45, 7) is 2.16. The van der Waals surface area contributed by atoms with Gasteiger partial charge >= 0.3 is 5.97 Å². The van der Waals surface area contributed by atoms with Gasteiger partial charge in [0.2, 0.25) is 0 Å². The summed E-state index contributed by atoms with van der Waals surface area (Å²) in [5, 5.41) is 9.41. The highest BCUT2D eigenvalue weighted by molar-refractivity contribution is 5.69. The largest absolute Gasteiger partial charge is 0.465 e. The smallest absolute Gasteiger partial charge is 0.305 e. The molecule has 1 unspecified atom stereocenters. The van der Waals surface area contributed by atoms with Gasteiger partial charge in [0.25, 0.3) is 0 Å². The molecular formula is C16H24O3. The molecule has 1 atom stereocenters. The van der Waals surface area contributed by atoms with Crippen LogP contribution in [0.2, 0.25) is 0 Å². The number of carbonyl (C=O) groups is 1. The predicted molar refractivity (Wildman–Crippen MR) is 76.1 cm³/mol. The minimum absolute atomic E-state index is 0.000684. The molecule has 0 aliphatic heterocycles. The maximum Gasteiger partial charge on any atom is 0.305 e. The lowest BCUT2D eigenvalue weighted by atomic mass is 9.86. The lowest BCUT2D eigenvalue weighted by Crippen LogP contribution is -2.29. The van der Waals surface area contributed by atoms with E-state index >= 15 is 0 Å². The standard InChI is InChI=1S/C16H24O3/c1-4-6-8-10-12-16(3,13-17)14-19-15(18)11-9-7-5-2/h1-2,17H,6-14H2,3H3. The monoisotopic (exact) mass is 264 g/mol. The van der Waals surface area contributed by atoms with Gasteiger partial charge < -0.3 is 9.84 Å². The van der Waals surface area contributed by atoms with Crippen molar-refractivity contribution in [2.75, 3.05) is 13.2 Å². The van der Waals surface area contributed by atoms with Gasteiger partial charge in [-0.2, -0.15) is 0 Å². The molecule has 0 aromatic rings. The Labute approximate surface area is 116 Å². The summed E-state index contributed by atoms with van der Waals surface area (Å²) < 4.78 is 5.19. The third-order valence-corrected chi connectivity index (χ3v) is 3.02. The Morgan fingerprint density at radius 2 is 1.84 bits per heavy atom. The minimum atomic E-state index is -0.379. The lowest BCUT2D eigenvalue weighted by molar-refractivity contribution is -0.148. The number of rotatable bonds is 10. The second-order valence-electron chi connectivity index (χ2n) is 5.10. The van der Waals surface area contributed by atoms with Gasteiger partial charge in [-0.3, -0.25) is 4.79 Å². The Balaban J connectivity index is 3.93. The van der Waals surface area contributed by atoms with Gasteiger partial charge in [0, 0.05) is 24.7 Å². The van der Waals surface area contributed by atoms with E-state index in [1.807, 2.05) is 6.92 Å². The molecule has 0 aliphatic carbocycles. The molecule has 3 nitrogen and oxygen atoms in total. The van der Waals surface area contributed by atoms with E-state index in [0.29, 0.717) is 19.3 Å². The van der Waals surface area contributed by atoms with Crippen molar-refractivity contribution in [1.29, 1.82) is 0 Å². The molecule has 0 spiro atoms. The Morgan fingerprint density at radius 1 is 1.21 bits per heavy atom. The second kappa shape index (κ2) is 10.5. The van der Waals surface area contributed by atoms with Crippen LogP contribution in [0.15, 0.2) is 0 Å². The highest BCUT2D eigenvalue weighted by Gasteiger charge is 2.24. The number of terminal acetylenes is 2. The highest BCUT2D eigenvalue weighted by atomic mass is 16.5. The minimum Gasteiger partial charge on any atom is -0.465 e. The van der Waals surface area contributed by atoms with E-state index < -0.39 is 0 Å². The number of aliphatic hydroxyl groups excluding tert-OH is 1. The van der Waals surface area contributed by atoms with Gasteiger partial charge in [0.15, 0.2) is 0 Å². The summed E-state index contributed by atoms with van der Waals surface area (Å²) in [7, 11) is 0. The normalized spacial score (nSPS) is 13.1. The van der Waals surface area contributed by atoms with Crippen molar-refractivity contribution < 1.29 is 14.6 Å². The molecule has 0 heterocycles. The molecule has 0 rings (SSSR count). The van der Waals surface area contributed by atoms with Crippen LogP contribution in [0.4, 0.5) is 0 Å². The zero-order valence-corrected chi connectivity index (χ0v) is 11.8. The predicted octanol–water partition coefficient (Wildman–Crippen LogP) is 2.53. The third-order valence-electron chi connectivity index (χ3n) is 3.02. The van der Waals surface area contributed by atoms with E-state index in [1.54, 1.807) is 0 Å². The summed E-state index contributed by atoms with van der Waals surface area (Å²) in [6.07, 6.45) is 15.3. The molecule has 0 fully saturated rings. The molecule has 0 radical (unpaired) electrons. The van der Waals surface area contributed by atoms with Crippen molar-refractivity contribution in [3.63, 3.8) is 0 Å². The molecule has 0 saturated carbocycles. The summed E-state index contributed by atoms with van der Waals surface area (Å²) in [4.78, 5) is 11.5. The van der Waals surface area contributed by atoms with Gasteiger partial charge in [-0.05, 0) is 19.3 Å². The molecule has 0 saturated heterocycles. The topological polar surface area (TPSA) is 46.5 Å². The van der Waals surface area contributed by atoms with Crippen molar-refractivity contribution in [1.82, 2.24) is 0 Å². The molecule has 0 amide bonds. The summed E-state index contributed by atoms with van der Waals surface area (Å²) in [5.74, 6) is 4.82. The van der Waals surface area contributed by atoms with E-state index in [2.05, 4.69) is 11.8 Å². The SMILES string of the molecule is C#CCCCCC(C)(CO)COC(=O)CCCC#C. The molecule has 0 aliphatic rings. The number of esters is 1. The van der Waals surface area contributed by atoms with Crippen LogP contribution in [0.1, 0.15) is 51.9 Å². The zero-order valence-electron chi connectivity index (χ0n) is 11.8. The Hall–Kier alpha value is -1.45. The fourth-order valence-electron chi connectivity index (χ4n) is 1.64. The van der Waals surface area contributed by atoms with E-state index in [9.17, 15) is 9.90 Å². The van der Waals surface area contributed by atoms with Crippen LogP contribution in [0.25, 0.3) is 0 Å². The van der Waals surface area contributed by atoms with Crippen LogP contribution in [0.3, 0.4) is 0 Å². The van der Waals surface area contributed by atoms with E-state index in [-0.39, 0.29) is 24.6 Å². The zero-order chi connectivity index (χ0) is 14.6. The molecule has 1 N–H and O–H groups in total. The number of aliphatic hydroxyl groups is 1. The van der Waals surface area contributed by atoms with Crippen molar-refractivity contribution in [3.05, 3.63) is 0 Å². The summed E-state index contributed by atoms with van der Waals surface area (Å²) in [5.41, 5.74) is -0.379. The van der Waals surface area contributed by atoms with Crippen LogP contribution >= 0.6 is 0 Å². The summed E-state index contributed by atoms with van der Waals surface area (Å²) in [6, 6.07) is 0. The average molecular weight is 264 g/mol. The van der Waals surface area contributed by atoms with Gasteiger partial charge in [-0.25, -0.2) is 0 Å². The van der Waals surface area contributed by atoms with Crippen molar-refractivity contribution in [3.8, 4) is 24.7 Å². The second-order valence-corrected chi connectivity index (χ2v) is 5.10. The van der Waals surface area contributed by atoms with Crippen molar-refractivity contribution in [2.45, 2.75) is 51.9 Å². The van der Waals surface area contributed by atoms with E-state index in [4.69, 9.17) is 17.6 Å². The average Bonchev–Trinajstić information content (AvgIpc) is 2.42. The fraction of sp³-hybridized carbons (Fsp3) is 0.688. The molecule has 0 aromatic heterocycles. The van der Waals surface area contributed by atoms with Crippen molar-refractivity contribution >= 4 is 5.97 Å². The molecule has 106 valence electrons. The van der Waals surface area contributed by atoms with Gasteiger partial charge in [-0.15, -0.1) is 24.7 Å². The quantitative estimate of drug-likeness (QED) is 0.375.